The number of phenolic OH excluding ortho intramolecular Hbond substituents is 1. The summed E-state index contributed by atoms with van der Waals surface area (Å²) in [6.07, 6.45) is 0. The first-order valence-electron chi connectivity index (χ1n) is 15.8. The number of anilines is 1. The van der Waals surface area contributed by atoms with Gasteiger partial charge in [-0.1, -0.05) is 0 Å². The first-order valence-corrected chi connectivity index (χ1v) is 23.3. The molecule has 24 nitrogen and oxygen atoms in total. The van der Waals surface area contributed by atoms with Crippen molar-refractivity contribution in [3.63, 3.8) is 0 Å². The molecule has 0 saturated heterocycles. The number of hydrogen-bond donors (Lipinski definition) is 5. The van der Waals surface area contributed by atoms with Crippen LogP contribution in [0.4, 0.5) is 28.4 Å². The molecule has 0 radical (unpaired) electrons. The van der Waals surface area contributed by atoms with E-state index in [1.54, 1.807) is 0 Å². The second-order valence-corrected chi connectivity index (χ2v) is 19.2. The van der Waals surface area contributed by atoms with E-state index < -0.39 is 96.5 Å². The van der Waals surface area contributed by atoms with Crippen molar-refractivity contribution in [1.82, 2.24) is 0 Å². The molecular formula is C30H33N5O19S5. The van der Waals surface area contributed by atoms with Crippen LogP contribution in [0.25, 0.3) is 10.8 Å². The zero-order valence-electron chi connectivity index (χ0n) is 30.7. The largest absolute Gasteiger partial charge is 0.505 e. The third-order valence-corrected chi connectivity index (χ3v) is 12.9. The number of benzene rings is 4. The third kappa shape index (κ3) is 11.6. The lowest BCUT2D eigenvalue weighted by molar-refractivity contribution is 0.282. The van der Waals surface area contributed by atoms with Crippen molar-refractivity contribution in [2.75, 3.05) is 58.4 Å². The van der Waals surface area contributed by atoms with E-state index in [4.69, 9.17) is 23.3 Å². The molecule has 0 aromatic heterocycles. The molecule has 59 heavy (non-hydrogen) atoms. The molecule has 0 aliphatic heterocycles. The molecule has 5 N–H and O–H groups in total. The van der Waals surface area contributed by atoms with Gasteiger partial charge in [0, 0.05) is 30.0 Å². The highest BCUT2D eigenvalue weighted by Crippen LogP contribution is 2.47. The van der Waals surface area contributed by atoms with Crippen molar-refractivity contribution in [2.24, 2.45) is 20.5 Å². The minimum atomic E-state index is -5.24. The molecule has 4 aromatic carbocycles. The van der Waals surface area contributed by atoms with Crippen molar-refractivity contribution in [2.45, 2.75) is 14.7 Å². The molecule has 0 unspecified atom stereocenters. The van der Waals surface area contributed by atoms with Crippen LogP contribution >= 0.6 is 0 Å². The molecule has 0 heterocycles. The minimum Gasteiger partial charge on any atom is -0.505 e. The zero-order valence-corrected chi connectivity index (χ0v) is 34.8. The Morgan fingerprint density at radius 2 is 1.12 bits per heavy atom. The zero-order chi connectivity index (χ0) is 44.1. The number of hydrogen-bond acceptors (Lipinski definition) is 21. The average Bonchev–Trinajstić information content (AvgIpc) is 3.14. The summed E-state index contributed by atoms with van der Waals surface area (Å²) in [5.74, 6) is -3.33. The maximum Gasteiger partial charge on any atom is 0.397 e. The van der Waals surface area contributed by atoms with Gasteiger partial charge in [0.05, 0.1) is 56.6 Å². The lowest BCUT2D eigenvalue weighted by atomic mass is 10.1. The predicted octanol–water partition coefficient (Wildman–Crippen LogP) is 3.88. The van der Waals surface area contributed by atoms with Gasteiger partial charge in [-0.15, -0.1) is 20.5 Å². The summed E-state index contributed by atoms with van der Waals surface area (Å²) in [5.41, 5.74) is -1.27. The van der Waals surface area contributed by atoms with E-state index in [2.05, 4.69) is 34.1 Å². The molecule has 4 aromatic rings. The number of sulfone groups is 2. The van der Waals surface area contributed by atoms with Crippen LogP contribution in [-0.2, 0) is 59.0 Å². The van der Waals surface area contributed by atoms with Crippen LogP contribution in [0.5, 0.6) is 23.0 Å². The Labute approximate surface area is 337 Å². The van der Waals surface area contributed by atoms with Gasteiger partial charge in [0.15, 0.2) is 25.4 Å². The molecule has 4 rings (SSSR count). The van der Waals surface area contributed by atoms with Gasteiger partial charge >= 0.3 is 20.8 Å². The summed E-state index contributed by atoms with van der Waals surface area (Å²) >= 11 is 0. The van der Waals surface area contributed by atoms with E-state index in [1.165, 1.54) is 32.4 Å². The molecule has 29 heteroatoms. The Kier molecular flexibility index (Phi) is 14.2. The Balaban J connectivity index is 1.85. The molecule has 322 valence electrons. The fourth-order valence-corrected chi connectivity index (χ4v) is 8.87. The normalized spacial score (nSPS) is 13.0. The molecule has 0 aliphatic carbocycles. The molecular weight excluding hydrogens is 895 g/mol. The predicted molar refractivity (Wildman–Crippen MR) is 205 cm³/mol. The van der Waals surface area contributed by atoms with E-state index in [0.717, 1.165) is 44.6 Å². The maximum absolute atomic E-state index is 13.0. The summed E-state index contributed by atoms with van der Waals surface area (Å²) in [4.78, 5) is -1.91. The second-order valence-electron chi connectivity index (χ2n) is 11.4. The van der Waals surface area contributed by atoms with E-state index in [1.807, 2.05) is 0 Å². The lowest BCUT2D eigenvalue weighted by Crippen LogP contribution is -2.16. The van der Waals surface area contributed by atoms with Crippen LogP contribution in [0.1, 0.15) is 0 Å². The number of fused-ring (bicyclic) bond motifs is 1. The van der Waals surface area contributed by atoms with E-state index in [0.29, 0.717) is 0 Å². The van der Waals surface area contributed by atoms with Crippen LogP contribution < -0.4 is 19.5 Å². The molecule has 0 saturated carbocycles. The SMILES string of the molecule is CNc1ccc2c(O)c(N=Nc3cc(OC)c(S(=O)(=O)CCOS(=O)(=O)O)cc3OC)c(S(=O)(=O)O)cc2c1N=Nc1cc(S(=O)(=O)CCOS(=O)(=O)O)ccc1OC. The highest BCUT2D eigenvalue weighted by Gasteiger charge is 2.27. The number of methoxy groups -OCH3 is 3. The minimum absolute atomic E-state index is 0.00107. The summed E-state index contributed by atoms with van der Waals surface area (Å²) < 4.78 is 172. The molecule has 0 spiro atoms. The molecule has 0 atom stereocenters. The lowest BCUT2D eigenvalue weighted by Gasteiger charge is -2.14. The Bertz CT molecular complexity index is 2900. The third-order valence-electron chi connectivity index (χ3n) is 7.75. The number of nitrogens with zero attached hydrogens (tertiary/aromatic N) is 4. The van der Waals surface area contributed by atoms with Gasteiger partial charge in [0.1, 0.15) is 49.8 Å². The quantitative estimate of drug-likeness (QED) is 0.0658. The molecule has 0 fully saturated rings. The van der Waals surface area contributed by atoms with Crippen LogP contribution in [0.15, 0.2) is 83.7 Å². The molecule has 0 amide bonds. The molecule has 0 aliphatic rings. The highest BCUT2D eigenvalue weighted by molar-refractivity contribution is 7.92. The van der Waals surface area contributed by atoms with Gasteiger partial charge in [-0.3, -0.25) is 13.7 Å². The van der Waals surface area contributed by atoms with Gasteiger partial charge in [0.2, 0.25) is 0 Å². The smallest absolute Gasteiger partial charge is 0.397 e. The highest BCUT2D eigenvalue weighted by atomic mass is 32.3. The van der Waals surface area contributed by atoms with E-state index in [-0.39, 0.29) is 55.7 Å². The van der Waals surface area contributed by atoms with Crippen molar-refractivity contribution in [1.29, 1.82) is 0 Å². The van der Waals surface area contributed by atoms with Crippen LogP contribution in [-0.4, -0.2) is 114 Å². The summed E-state index contributed by atoms with van der Waals surface area (Å²) in [7, 11) is -18.8. The summed E-state index contributed by atoms with van der Waals surface area (Å²) in [6.45, 7) is -1.87. The van der Waals surface area contributed by atoms with Gasteiger partial charge < -0.3 is 24.6 Å². The molecule has 0 bridgehead atoms. The maximum atomic E-state index is 13.0. The number of ether oxygens (including phenoxy) is 3. The van der Waals surface area contributed by atoms with Gasteiger partial charge in [-0.25, -0.2) is 25.2 Å². The van der Waals surface area contributed by atoms with Crippen LogP contribution in [0.2, 0.25) is 0 Å². The Morgan fingerprint density at radius 3 is 1.64 bits per heavy atom. The summed E-state index contributed by atoms with van der Waals surface area (Å²) in [5, 5.41) is 29.9. The van der Waals surface area contributed by atoms with E-state index >= 15 is 0 Å². The van der Waals surface area contributed by atoms with Crippen LogP contribution in [0.3, 0.4) is 0 Å². The number of nitrogens with one attached hydrogen (secondary N) is 1. The first-order chi connectivity index (χ1) is 27.4. The van der Waals surface area contributed by atoms with Gasteiger partial charge in [-0.2, -0.15) is 25.3 Å². The summed E-state index contributed by atoms with van der Waals surface area (Å²) in [6, 6.07) is 8.89. The van der Waals surface area contributed by atoms with Gasteiger partial charge in [-0.05, 0) is 36.4 Å². The van der Waals surface area contributed by atoms with Crippen molar-refractivity contribution < 1.29 is 83.4 Å². The van der Waals surface area contributed by atoms with Crippen molar-refractivity contribution in [3.8, 4) is 23.0 Å². The number of aromatic hydroxyl groups is 1. The number of azo groups is 2. The number of rotatable bonds is 19. The first kappa shape index (κ1) is 46.6. The van der Waals surface area contributed by atoms with Crippen LogP contribution in [0, 0.1) is 0 Å². The average molecular weight is 928 g/mol. The van der Waals surface area contributed by atoms with Gasteiger partial charge in [0.25, 0.3) is 10.1 Å². The standard InChI is InChI=1S/C30H33N5O19S5/c1-31-20-7-6-18-19(28(20)34-32-21-13-17(5-8-23(21)50-2)55(37,38)11-9-53-58(44,45)46)14-27(57(41,42)43)29(30(18)36)35-33-22-15-25(52-4)26(16-24(22)51-3)56(39,40)12-10-54-59(47,48)49/h5-8,13-16,31,36H,9-12H2,1-4H3,(H,41,42,43)(H,44,45,46)(H,47,48,49). The Morgan fingerprint density at radius 1 is 0.576 bits per heavy atom. The Hall–Kier alpha value is -5.11. The second kappa shape index (κ2) is 18.0. The topological polar surface area (TPSA) is 359 Å². The van der Waals surface area contributed by atoms with Crippen molar-refractivity contribution >= 4 is 89.8 Å². The fraction of sp³-hybridized carbons (Fsp3) is 0.267. The monoisotopic (exact) mass is 927 g/mol. The van der Waals surface area contributed by atoms with Crippen molar-refractivity contribution in [3.05, 3.63) is 48.5 Å². The number of phenols is 1. The van der Waals surface area contributed by atoms with E-state index in [9.17, 15) is 51.7 Å². The fourth-order valence-electron chi connectivity index (χ4n) is 5.06.